The smallest absolute Gasteiger partial charge is 0.478 e. The summed E-state index contributed by atoms with van der Waals surface area (Å²) in [6.07, 6.45) is 1.44. The summed E-state index contributed by atoms with van der Waals surface area (Å²) in [6.45, 7) is 10.5. The Morgan fingerprint density at radius 1 is 1.00 bits per heavy atom. The maximum atomic E-state index is 11.3. The normalized spacial score (nSPS) is 13.3. The van der Waals surface area contributed by atoms with Crippen LogP contribution in [0.4, 0.5) is 0 Å². The van der Waals surface area contributed by atoms with Gasteiger partial charge in [-0.2, -0.15) is 0 Å². The van der Waals surface area contributed by atoms with Gasteiger partial charge in [0, 0.05) is 30.6 Å². The van der Waals surface area contributed by atoms with Crippen LogP contribution < -0.4 is 0 Å². The summed E-state index contributed by atoms with van der Waals surface area (Å²) >= 11 is 0. The standard InChI is InChI=1S/C13H26O5Si/c1-6-10-12(11(5)13(14)15)19(16-7-2,17-8-3)18-9-4/h6-10H2,1-5H3,(H,14,15). The van der Waals surface area contributed by atoms with Crippen LogP contribution in [-0.4, -0.2) is 39.7 Å². The van der Waals surface area contributed by atoms with Crippen molar-refractivity contribution >= 4 is 14.8 Å². The van der Waals surface area contributed by atoms with Gasteiger partial charge in [-0.15, -0.1) is 0 Å². The number of rotatable bonds is 10. The van der Waals surface area contributed by atoms with Gasteiger partial charge in [0.25, 0.3) is 0 Å². The highest BCUT2D eigenvalue weighted by Crippen LogP contribution is 2.27. The molecule has 19 heavy (non-hydrogen) atoms. The fourth-order valence-electron chi connectivity index (χ4n) is 1.91. The van der Waals surface area contributed by atoms with Crippen molar-refractivity contribution < 1.29 is 23.2 Å². The summed E-state index contributed by atoms with van der Waals surface area (Å²) in [5.41, 5.74) is 0.281. The molecule has 6 heteroatoms. The van der Waals surface area contributed by atoms with E-state index in [4.69, 9.17) is 13.3 Å². The minimum Gasteiger partial charge on any atom is -0.478 e. The topological polar surface area (TPSA) is 65.0 Å². The highest BCUT2D eigenvalue weighted by atomic mass is 28.4. The molecule has 0 amide bonds. The van der Waals surface area contributed by atoms with Crippen molar-refractivity contribution in [2.24, 2.45) is 0 Å². The summed E-state index contributed by atoms with van der Waals surface area (Å²) in [4.78, 5) is 11.3. The van der Waals surface area contributed by atoms with Crippen LogP contribution in [-0.2, 0) is 18.1 Å². The summed E-state index contributed by atoms with van der Waals surface area (Å²) in [5, 5.41) is 9.93. The van der Waals surface area contributed by atoms with Crippen LogP contribution in [0.25, 0.3) is 0 Å². The van der Waals surface area contributed by atoms with E-state index in [2.05, 4.69) is 0 Å². The van der Waals surface area contributed by atoms with Gasteiger partial charge in [0.1, 0.15) is 0 Å². The molecule has 0 aliphatic carbocycles. The second-order valence-electron chi connectivity index (χ2n) is 4.01. The number of allylic oxidation sites excluding steroid dienone is 1. The van der Waals surface area contributed by atoms with Crippen LogP contribution in [0.1, 0.15) is 47.5 Å². The van der Waals surface area contributed by atoms with Gasteiger partial charge >= 0.3 is 14.8 Å². The Morgan fingerprint density at radius 3 is 1.68 bits per heavy atom. The summed E-state index contributed by atoms with van der Waals surface area (Å²) in [7, 11) is -3.07. The van der Waals surface area contributed by atoms with Crippen LogP contribution in [0, 0.1) is 0 Å². The van der Waals surface area contributed by atoms with Gasteiger partial charge in [-0.3, -0.25) is 0 Å². The van der Waals surface area contributed by atoms with Gasteiger partial charge in [0.2, 0.25) is 0 Å². The van der Waals surface area contributed by atoms with Gasteiger partial charge in [-0.25, -0.2) is 4.79 Å². The van der Waals surface area contributed by atoms with Crippen LogP contribution in [0.3, 0.4) is 0 Å². The average Bonchev–Trinajstić information content (AvgIpc) is 2.35. The quantitative estimate of drug-likeness (QED) is 0.495. The van der Waals surface area contributed by atoms with Crippen molar-refractivity contribution in [3.63, 3.8) is 0 Å². The molecule has 0 spiro atoms. The second kappa shape index (κ2) is 9.25. The third-order valence-electron chi connectivity index (χ3n) is 2.65. The predicted molar refractivity (Wildman–Crippen MR) is 75.9 cm³/mol. The van der Waals surface area contributed by atoms with E-state index in [1.54, 1.807) is 6.92 Å². The number of hydrogen-bond acceptors (Lipinski definition) is 4. The molecule has 0 fully saturated rings. The molecular weight excluding hydrogens is 264 g/mol. The Bertz CT molecular complexity index is 297. The molecule has 0 aromatic carbocycles. The zero-order chi connectivity index (χ0) is 14.9. The molecule has 0 aromatic rings. The van der Waals surface area contributed by atoms with Crippen LogP contribution >= 0.6 is 0 Å². The van der Waals surface area contributed by atoms with Crippen molar-refractivity contribution in [1.82, 2.24) is 0 Å². The predicted octanol–water partition coefficient (Wildman–Crippen LogP) is 2.78. The molecule has 0 radical (unpaired) electrons. The zero-order valence-corrected chi connectivity index (χ0v) is 13.6. The zero-order valence-electron chi connectivity index (χ0n) is 12.6. The highest BCUT2D eigenvalue weighted by Gasteiger charge is 2.46. The van der Waals surface area contributed by atoms with Gasteiger partial charge in [0.15, 0.2) is 0 Å². The number of aliphatic carboxylic acids is 1. The van der Waals surface area contributed by atoms with E-state index in [0.29, 0.717) is 31.4 Å². The largest absolute Gasteiger partial charge is 0.533 e. The monoisotopic (exact) mass is 290 g/mol. The molecule has 0 aliphatic rings. The molecule has 0 atom stereocenters. The molecule has 112 valence electrons. The number of hydrogen-bond donors (Lipinski definition) is 1. The number of carboxylic acid groups (broad SMARTS) is 1. The molecule has 5 nitrogen and oxygen atoms in total. The van der Waals surface area contributed by atoms with Crippen LogP contribution in [0.5, 0.6) is 0 Å². The third-order valence-corrected chi connectivity index (χ3v) is 6.02. The lowest BCUT2D eigenvalue weighted by Crippen LogP contribution is -2.49. The van der Waals surface area contributed by atoms with E-state index >= 15 is 0 Å². The first-order valence-electron chi connectivity index (χ1n) is 6.84. The van der Waals surface area contributed by atoms with E-state index < -0.39 is 14.8 Å². The molecule has 0 heterocycles. The second-order valence-corrected chi connectivity index (χ2v) is 6.60. The van der Waals surface area contributed by atoms with E-state index in [0.717, 1.165) is 6.42 Å². The Labute approximate surface area is 116 Å². The van der Waals surface area contributed by atoms with E-state index in [1.807, 2.05) is 27.7 Å². The molecular formula is C13H26O5Si. The number of carboxylic acids is 1. The van der Waals surface area contributed by atoms with Crippen molar-refractivity contribution in [2.75, 3.05) is 19.8 Å². The first-order valence-corrected chi connectivity index (χ1v) is 8.56. The van der Waals surface area contributed by atoms with Crippen molar-refractivity contribution in [3.05, 3.63) is 10.8 Å². The van der Waals surface area contributed by atoms with Gasteiger partial charge in [-0.1, -0.05) is 13.3 Å². The van der Waals surface area contributed by atoms with E-state index in [-0.39, 0.29) is 5.57 Å². The Hall–Kier alpha value is -0.693. The SMILES string of the molecule is CCCC(=C(C)C(=O)O)[Si](OCC)(OCC)OCC. The fraction of sp³-hybridized carbons (Fsp3) is 0.769. The third kappa shape index (κ3) is 5.06. The Morgan fingerprint density at radius 2 is 1.42 bits per heavy atom. The molecule has 0 saturated carbocycles. The summed E-state index contributed by atoms with van der Waals surface area (Å²) in [5.74, 6) is -0.945. The summed E-state index contributed by atoms with van der Waals surface area (Å²) < 4.78 is 17.3. The van der Waals surface area contributed by atoms with Crippen molar-refractivity contribution in [3.8, 4) is 0 Å². The fourth-order valence-corrected chi connectivity index (χ4v) is 4.94. The molecule has 0 bridgehead atoms. The van der Waals surface area contributed by atoms with Crippen LogP contribution in [0.2, 0.25) is 0 Å². The van der Waals surface area contributed by atoms with Crippen LogP contribution in [0.15, 0.2) is 10.8 Å². The number of carbonyl (C=O) groups is 1. The first-order chi connectivity index (χ1) is 8.98. The lowest BCUT2D eigenvalue weighted by molar-refractivity contribution is -0.132. The van der Waals surface area contributed by atoms with E-state index in [9.17, 15) is 9.90 Å². The van der Waals surface area contributed by atoms with Gasteiger partial charge < -0.3 is 18.4 Å². The maximum Gasteiger partial charge on any atom is 0.533 e. The molecule has 0 rings (SSSR count). The highest BCUT2D eigenvalue weighted by molar-refractivity contribution is 6.69. The lowest BCUT2D eigenvalue weighted by Gasteiger charge is -2.31. The average molecular weight is 290 g/mol. The molecule has 1 N–H and O–H groups in total. The maximum absolute atomic E-state index is 11.3. The van der Waals surface area contributed by atoms with E-state index in [1.165, 1.54) is 0 Å². The van der Waals surface area contributed by atoms with Gasteiger partial charge in [0.05, 0.1) is 0 Å². The molecule has 0 aromatic heterocycles. The lowest BCUT2D eigenvalue weighted by atomic mass is 10.2. The summed E-state index contributed by atoms with van der Waals surface area (Å²) in [6, 6.07) is 0. The van der Waals surface area contributed by atoms with Gasteiger partial charge in [-0.05, 0) is 34.1 Å². The Balaban J connectivity index is 5.69. The first kappa shape index (κ1) is 18.3. The minimum absolute atomic E-state index is 0.281. The Kier molecular flexibility index (Phi) is 8.91. The van der Waals surface area contributed by atoms with Crippen molar-refractivity contribution in [1.29, 1.82) is 0 Å². The molecule has 0 saturated heterocycles. The molecule has 0 aliphatic heterocycles. The minimum atomic E-state index is -3.07. The van der Waals surface area contributed by atoms with Crippen molar-refractivity contribution in [2.45, 2.75) is 47.5 Å². The molecule has 0 unspecified atom stereocenters.